The number of nitrogens with zero attached hydrogens (tertiary/aromatic N) is 1. The van der Waals surface area contributed by atoms with Crippen molar-refractivity contribution in [2.75, 3.05) is 12.4 Å². The van der Waals surface area contributed by atoms with Gasteiger partial charge in [-0.25, -0.2) is 9.37 Å². The van der Waals surface area contributed by atoms with Gasteiger partial charge in [0.1, 0.15) is 11.6 Å². The van der Waals surface area contributed by atoms with E-state index in [1.54, 1.807) is 7.05 Å². The molecule has 2 nitrogen and oxygen atoms in total. The van der Waals surface area contributed by atoms with Crippen LogP contribution in [0.25, 0.3) is 11.3 Å². The van der Waals surface area contributed by atoms with Crippen LogP contribution in [0.15, 0.2) is 24.3 Å². The van der Waals surface area contributed by atoms with E-state index in [0.717, 1.165) is 6.07 Å². The highest BCUT2D eigenvalue weighted by molar-refractivity contribution is 6.37. The summed E-state index contributed by atoms with van der Waals surface area (Å²) in [5.41, 5.74) is -1.25. The summed E-state index contributed by atoms with van der Waals surface area (Å²) in [7, 11) is 1.55. The highest BCUT2D eigenvalue weighted by Gasteiger charge is 2.34. The number of anilines is 1. The van der Waals surface area contributed by atoms with Crippen LogP contribution in [0.2, 0.25) is 10.0 Å². The van der Waals surface area contributed by atoms with Crippen molar-refractivity contribution < 1.29 is 17.6 Å². The summed E-state index contributed by atoms with van der Waals surface area (Å²) in [5, 5.41) is 2.99. The first-order valence-electron chi connectivity index (χ1n) is 5.65. The van der Waals surface area contributed by atoms with E-state index in [9.17, 15) is 17.6 Å². The van der Waals surface area contributed by atoms with Crippen molar-refractivity contribution in [3.05, 3.63) is 45.7 Å². The lowest BCUT2D eigenvalue weighted by molar-refractivity contribution is -0.139. The maximum Gasteiger partial charge on any atom is 0.419 e. The minimum absolute atomic E-state index is 0.0434. The zero-order valence-electron chi connectivity index (χ0n) is 10.5. The fourth-order valence-electron chi connectivity index (χ4n) is 1.73. The smallest absolute Gasteiger partial charge is 0.372 e. The monoisotopic (exact) mass is 338 g/mol. The van der Waals surface area contributed by atoms with Crippen LogP contribution in [-0.2, 0) is 6.18 Å². The normalized spacial score (nSPS) is 11.6. The first kappa shape index (κ1) is 15.9. The Morgan fingerprint density at radius 3 is 2.33 bits per heavy atom. The van der Waals surface area contributed by atoms with Gasteiger partial charge in [0.15, 0.2) is 0 Å². The lowest BCUT2D eigenvalue weighted by Crippen LogP contribution is -2.08. The zero-order chi connectivity index (χ0) is 15.8. The van der Waals surface area contributed by atoms with E-state index >= 15 is 0 Å². The van der Waals surface area contributed by atoms with Gasteiger partial charge in [0.25, 0.3) is 0 Å². The molecule has 1 aromatic heterocycles. The minimum Gasteiger partial charge on any atom is -0.372 e. The molecule has 1 N–H and O–H groups in total. The molecule has 0 aliphatic heterocycles. The van der Waals surface area contributed by atoms with Gasteiger partial charge in [-0.3, -0.25) is 0 Å². The van der Waals surface area contributed by atoms with E-state index in [4.69, 9.17) is 23.2 Å². The Bertz CT molecular complexity index is 687. The van der Waals surface area contributed by atoms with Gasteiger partial charge in [-0.1, -0.05) is 23.2 Å². The molecular formula is C13H8Cl2F4N2. The molecule has 2 aromatic rings. The number of benzene rings is 1. The van der Waals surface area contributed by atoms with Crippen molar-refractivity contribution in [1.82, 2.24) is 4.98 Å². The van der Waals surface area contributed by atoms with E-state index in [0.29, 0.717) is 6.07 Å². The molecule has 0 saturated carbocycles. The number of pyridine rings is 1. The van der Waals surface area contributed by atoms with E-state index in [2.05, 4.69) is 10.3 Å². The number of aromatic nitrogens is 1. The van der Waals surface area contributed by atoms with E-state index in [1.165, 1.54) is 12.1 Å². The molecule has 0 radical (unpaired) electrons. The number of rotatable bonds is 2. The van der Waals surface area contributed by atoms with Crippen LogP contribution in [-0.4, -0.2) is 12.0 Å². The zero-order valence-corrected chi connectivity index (χ0v) is 12.0. The van der Waals surface area contributed by atoms with E-state index in [1.807, 2.05) is 0 Å². The van der Waals surface area contributed by atoms with Crippen molar-refractivity contribution in [3.8, 4) is 11.3 Å². The van der Waals surface area contributed by atoms with Crippen LogP contribution in [0, 0.1) is 5.82 Å². The SMILES string of the molecule is CNc1nc(-c2ccc(F)c(C(F)(F)F)c2)c(Cl)cc1Cl. The number of nitrogens with one attached hydrogen (secondary N) is 1. The summed E-state index contributed by atoms with van der Waals surface area (Å²) in [5.74, 6) is -1.10. The van der Waals surface area contributed by atoms with Crippen molar-refractivity contribution in [2.45, 2.75) is 6.18 Å². The second kappa shape index (κ2) is 5.69. The number of hydrogen-bond donors (Lipinski definition) is 1. The number of alkyl halides is 3. The van der Waals surface area contributed by atoms with Crippen LogP contribution in [0.5, 0.6) is 0 Å². The average Bonchev–Trinajstić information content (AvgIpc) is 2.38. The predicted molar refractivity (Wildman–Crippen MR) is 74.2 cm³/mol. The van der Waals surface area contributed by atoms with Gasteiger partial charge in [-0.05, 0) is 24.3 Å². The van der Waals surface area contributed by atoms with E-state index < -0.39 is 17.6 Å². The molecule has 0 amide bonds. The van der Waals surface area contributed by atoms with Crippen molar-refractivity contribution in [1.29, 1.82) is 0 Å². The Kier molecular flexibility index (Phi) is 4.30. The third kappa shape index (κ3) is 3.22. The molecule has 1 aromatic carbocycles. The molecule has 0 aliphatic carbocycles. The fourth-order valence-corrected chi connectivity index (χ4v) is 2.30. The molecular weight excluding hydrogens is 331 g/mol. The lowest BCUT2D eigenvalue weighted by atomic mass is 10.1. The second-order valence-corrected chi connectivity index (χ2v) is 4.91. The van der Waals surface area contributed by atoms with Crippen molar-refractivity contribution >= 4 is 29.0 Å². The summed E-state index contributed by atoms with van der Waals surface area (Å²) in [6, 6.07) is 3.92. The first-order chi connectivity index (χ1) is 9.74. The summed E-state index contributed by atoms with van der Waals surface area (Å²) < 4.78 is 51.5. The standard InChI is InChI=1S/C13H8Cl2F4N2/c1-20-12-9(15)5-8(14)11(21-12)6-2-3-10(16)7(4-6)13(17,18)19/h2-5H,1H3,(H,20,21). The van der Waals surface area contributed by atoms with Crippen LogP contribution < -0.4 is 5.32 Å². The molecule has 2 rings (SSSR count). The molecule has 21 heavy (non-hydrogen) atoms. The molecule has 0 unspecified atom stereocenters. The van der Waals surface area contributed by atoms with Crippen LogP contribution in [0.1, 0.15) is 5.56 Å². The molecule has 0 aliphatic rings. The second-order valence-electron chi connectivity index (χ2n) is 4.09. The van der Waals surface area contributed by atoms with E-state index in [-0.39, 0.29) is 27.1 Å². The molecule has 1 heterocycles. The van der Waals surface area contributed by atoms with Gasteiger partial charge >= 0.3 is 6.18 Å². The molecule has 0 spiro atoms. The number of hydrogen-bond acceptors (Lipinski definition) is 2. The fraction of sp³-hybridized carbons (Fsp3) is 0.154. The molecule has 0 fully saturated rings. The van der Waals surface area contributed by atoms with Gasteiger partial charge in [0.2, 0.25) is 0 Å². The van der Waals surface area contributed by atoms with Crippen LogP contribution in [0.4, 0.5) is 23.4 Å². The quantitative estimate of drug-likeness (QED) is 0.756. The summed E-state index contributed by atoms with van der Waals surface area (Å²) in [4.78, 5) is 4.05. The topological polar surface area (TPSA) is 24.9 Å². The van der Waals surface area contributed by atoms with Crippen LogP contribution >= 0.6 is 23.2 Å². The Hall–Kier alpha value is -1.53. The highest BCUT2D eigenvalue weighted by Crippen LogP contribution is 2.37. The van der Waals surface area contributed by atoms with Gasteiger partial charge in [0.05, 0.1) is 21.3 Å². The van der Waals surface area contributed by atoms with Crippen LogP contribution in [0.3, 0.4) is 0 Å². The van der Waals surface area contributed by atoms with Gasteiger partial charge < -0.3 is 5.32 Å². The molecule has 8 heteroatoms. The highest BCUT2D eigenvalue weighted by atomic mass is 35.5. The maximum atomic E-state index is 13.3. The first-order valence-corrected chi connectivity index (χ1v) is 6.40. The Labute approximate surface area is 127 Å². The largest absolute Gasteiger partial charge is 0.419 e. The predicted octanol–water partition coefficient (Wildman–Crippen LogP) is 5.26. The molecule has 0 bridgehead atoms. The maximum absolute atomic E-state index is 13.3. The number of halogens is 6. The molecule has 0 atom stereocenters. The summed E-state index contributed by atoms with van der Waals surface area (Å²) in [6.07, 6.45) is -4.80. The molecule has 0 saturated heterocycles. The summed E-state index contributed by atoms with van der Waals surface area (Å²) in [6.45, 7) is 0. The molecule has 112 valence electrons. The van der Waals surface area contributed by atoms with Gasteiger partial charge in [-0.2, -0.15) is 13.2 Å². The Morgan fingerprint density at radius 1 is 1.10 bits per heavy atom. The average molecular weight is 339 g/mol. The summed E-state index contributed by atoms with van der Waals surface area (Å²) >= 11 is 11.8. The third-order valence-corrected chi connectivity index (χ3v) is 3.29. The van der Waals surface area contributed by atoms with Gasteiger partial charge in [-0.15, -0.1) is 0 Å². The van der Waals surface area contributed by atoms with Crippen molar-refractivity contribution in [2.24, 2.45) is 0 Å². The lowest BCUT2D eigenvalue weighted by Gasteiger charge is -2.12. The minimum atomic E-state index is -4.80. The van der Waals surface area contributed by atoms with Crippen molar-refractivity contribution in [3.63, 3.8) is 0 Å². The van der Waals surface area contributed by atoms with Gasteiger partial charge in [0, 0.05) is 12.6 Å². The third-order valence-electron chi connectivity index (χ3n) is 2.71. The Balaban J connectivity index is 2.63. The Morgan fingerprint density at radius 2 is 1.76 bits per heavy atom.